The van der Waals surface area contributed by atoms with E-state index in [9.17, 15) is 9.59 Å². The molecule has 3 rings (SSSR count). The van der Waals surface area contributed by atoms with Crippen LogP contribution in [0.3, 0.4) is 0 Å². The molecule has 0 fully saturated rings. The topological polar surface area (TPSA) is 100 Å². The second kappa shape index (κ2) is 10.1. The number of carbonyl (C=O) groups is 2. The van der Waals surface area contributed by atoms with Crippen molar-refractivity contribution in [1.29, 1.82) is 0 Å². The fourth-order valence-electron chi connectivity index (χ4n) is 3.59. The number of nitrogens with one attached hydrogen (secondary N) is 3. The first kappa shape index (κ1) is 23.7. The van der Waals surface area contributed by atoms with Crippen LogP contribution in [0.4, 0.5) is 11.4 Å². The molecule has 172 valence electrons. The van der Waals surface area contributed by atoms with Gasteiger partial charge in [-0.3, -0.25) is 19.6 Å². The third kappa shape index (κ3) is 6.29. The van der Waals surface area contributed by atoms with Gasteiger partial charge in [0, 0.05) is 42.2 Å². The maximum Gasteiger partial charge on any atom is 0.257 e. The van der Waals surface area contributed by atoms with E-state index in [0.29, 0.717) is 23.8 Å². The number of aryl methyl sites for hydroxylation is 4. The van der Waals surface area contributed by atoms with Crippen molar-refractivity contribution in [2.75, 3.05) is 10.6 Å². The predicted molar refractivity (Wildman–Crippen MR) is 132 cm³/mol. The lowest BCUT2D eigenvalue weighted by atomic mass is 10.1. The van der Waals surface area contributed by atoms with Gasteiger partial charge in [0.25, 0.3) is 5.91 Å². The lowest BCUT2D eigenvalue weighted by Gasteiger charge is -2.13. The number of carbonyl (C=O) groups excluding carboxylic acids is 2. The molecular weight excluding hydrogens is 416 g/mol. The number of guanidine groups is 1. The number of aliphatic imine (C=N–C) groups is 1. The van der Waals surface area contributed by atoms with Crippen molar-refractivity contribution in [3.05, 3.63) is 76.1 Å². The summed E-state index contributed by atoms with van der Waals surface area (Å²) in [5, 5.41) is 13.3. The maximum atomic E-state index is 12.9. The van der Waals surface area contributed by atoms with Crippen LogP contribution in [-0.2, 0) is 18.4 Å². The highest BCUT2D eigenvalue weighted by Crippen LogP contribution is 2.16. The van der Waals surface area contributed by atoms with E-state index in [1.54, 1.807) is 24.3 Å². The molecule has 3 aromatic rings. The van der Waals surface area contributed by atoms with Crippen LogP contribution >= 0.6 is 0 Å². The van der Waals surface area contributed by atoms with Gasteiger partial charge in [-0.15, -0.1) is 0 Å². The van der Waals surface area contributed by atoms with E-state index >= 15 is 0 Å². The molecule has 0 saturated heterocycles. The first-order chi connectivity index (χ1) is 15.6. The van der Waals surface area contributed by atoms with Crippen LogP contribution in [0, 0.1) is 27.7 Å². The van der Waals surface area contributed by atoms with E-state index in [4.69, 9.17) is 0 Å². The van der Waals surface area contributed by atoms with E-state index < -0.39 is 0 Å². The van der Waals surface area contributed by atoms with Gasteiger partial charge in [-0.1, -0.05) is 6.07 Å². The van der Waals surface area contributed by atoms with Crippen LogP contribution in [0.1, 0.15) is 45.4 Å². The highest BCUT2D eigenvalue weighted by atomic mass is 16.2. The molecule has 8 nitrogen and oxygen atoms in total. The van der Waals surface area contributed by atoms with Gasteiger partial charge in [0.05, 0.1) is 12.2 Å². The molecule has 8 heteroatoms. The number of nitrogens with zero attached hydrogens (tertiary/aromatic N) is 3. The molecule has 1 heterocycles. The van der Waals surface area contributed by atoms with E-state index in [1.807, 2.05) is 51.6 Å². The molecule has 0 atom stereocenters. The van der Waals surface area contributed by atoms with Gasteiger partial charge >= 0.3 is 0 Å². The summed E-state index contributed by atoms with van der Waals surface area (Å²) in [5.74, 6) is -0.126. The minimum absolute atomic E-state index is 0.166. The summed E-state index contributed by atoms with van der Waals surface area (Å²) in [7, 11) is 1.90. The van der Waals surface area contributed by atoms with Crippen molar-refractivity contribution >= 4 is 29.1 Å². The molecule has 0 aliphatic rings. The molecule has 0 radical (unpaired) electrons. The lowest BCUT2D eigenvalue weighted by Crippen LogP contribution is -2.36. The van der Waals surface area contributed by atoms with Crippen LogP contribution in [-0.4, -0.2) is 27.6 Å². The SMILES string of the molecule is CC(=O)Nc1ccc(C(=O)NC(=NCc2c(C)nn(C)c2C)Nc2cc(C)cc(C)c2)cc1. The van der Waals surface area contributed by atoms with Gasteiger partial charge in [-0.2, -0.15) is 5.10 Å². The number of amides is 2. The predicted octanol–water partition coefficient (Wildman–Crippen LogP) is 4.01. The lowest BCUT2D eigenvalue weighted by molar-refractivity contribution is -0.114. The van der Waals surface area contributed by atoms with E-state index in [0.717, 1.165) is 33.8 Å². The van der Waals surface area contributed by atoms with Crippen molar-refractivity contribution in [2.24, 2.45) is 12.0 Å². The zero-order chi connectivity index (χ0) is 24.1. The Morgan fingerprint density at radius 2 is 1.58 bits per heavy atom. The Morgan fingerprint density at radius 1 is 0.939 bits per heavy atom. The molecule has 0 unspecified atom stereocenters. The minimum atomic E-state index is -0.306. The molecule has 2 amide bonds. The number of benzene rings is 2. The summed E-state index contributed by atoms with van der Waals surface area (Å²) < 4.78 is 1.83. The molecule has 33 heavy (non-hydrogen) atoms. The molecule has 3 N–H and O–H groups in total. The second-order valence-corrected chi connectivity index (χ2v) is 8.15. The Hall–Kier alpha value is -3.94. The smallest absolute Gasteiger partial charge is 0.257 e. The molecule has 2 aromatic carbocycles. The number of hydrogen-bond donors (Lipinski definition) is 3. The monoisotopic (exact) mass is 446 g/mol. The van der Waals surface area contributed by atoms with Crippen LogP contribution in [0.15, 0.2) is 47.5 Å². The Balaban J connectivity index is 1.85. The standard InChI is InChI=1S/C25H30N6O2/c1-15-11-16(2)13-22(12-15)28-25(26-14-23-17(3)30-31(6)18(23)4)29-24(33)20-7-9-21(10-8-20)27-19(5)32/h7-13H,14H2,1-6H3,(H,27,32)(H2,26,28,29,33). The van der Waals surface area contributed by atoms with Crippen molar-refractivity contribution in [3.63, 3.8) is 0 Å². The summed E-state index contributed by atoms with van der Waals surface area (Å²) in [5.41, 5.74) is 7.09. The third-order valence-corrected chi connectivity index (χ3v) is 5.24. The highest BCUT2D eigenvalue weighted by molar-refractivity contribution is 6.10. The van der Waals surface area contributed by atoms with Crippen molar-refractivity contribution in [2.45, 2.75) is 41.2 Å². The van der Waals surface area contributed by atoms with E-state index in [1.165, 1.54) is 6.92 Å². The normalized spacial score (nSPS) is 11.3. The van der Waals surface area contributed by atoms with Crippen LogP contribution < -0.4 is 16.0 Å². The Bertz CT molecular complexity index is 1190. The maximum absolute atomic E-state index is 12.9. The van der Waals surface area contributed by atoms with Gasteiger partial charge in [-0.05, 0) is 75.2 Å². The van der Waals surface area contributed by atoms with Gasteiger partial charge in [0.1, 0.15) is 0 Å². The molecule has 1 aromatic heterocycles. The summed E-state index contributed by atoms with van der Waals surface area (Å²) in [4.78, 5) is 28.8. The molecule has 0 spiro atoms. The van der Waals surface area contributed by atoms with E-state index in [2.05, 4.69) is 32.1 Å². The van der Waals surface area contributed by atoms with Gasteiger partial charge in [-0.25, -0.2) is 4.99 Å². The van der Waals surface area contributed by atoms with Gasteiger partial charge in [0.2, 0.25) is 11.9 Å². The minimum Gasteiger partial charge on any atom is -0.326 e. The fourth-order valence-corrected chi connectivity index (χ4v) is 3.59. The van der Waals surface area contributed by atoms with Crippen molar-refractivity contribution < 1.29 is 9.59 Å². The molecule has 0 aliphatic heterocycles. The number of hydrogen-bond acceptors (Lipinski definition) is 4. The Morgan fingerprint density at radius 3 is 2.12 bits per heavy atom. The molecule has 0 bridgehead atoms. The quantitative estimate of drug-likeness (QED) is 0.407. The Labute approximate surface area is 194 Å². The zero-order valence-corrected chi connectivity index (χ0v) is 19.9. The Kier molecular flexibility index (Phi) is 7.27. The fraction of sp³-hybridized carbons (Fsp3) is 0.280. The van der Waals surface area contributed by atoms with Crippen molar-refractivity contribution in [1.82, 2.24) is 15.1 Å². The van der Waals surface area contributed by atoms with Crippen molar-refractivity contribution in [3.8, 4) is 0 Å². The summed E-state index contributed by atoms with van der Waals surface area (Å²) in [6.07, 6.45) is 0. The number of aromatic nitrogens is 2. The molecule has 0 saturated carbocycles. The van der Waals surface area contributed by atoms with E-state index in [-0.39, 0.29) is 11.8 Å². The molecular formula is C25H30N6O2. The zero-order valence-electron chi connectivity index (χ0n) is 19.9. The first-order valence-electron chi connectivity index (χ1n) is 10.7. The van der Waals surface area contributed by atoms with Gasteiger partial charge < -0.3 is 10.6 Å². The molecule has 0 aliphatic carbocycles. The average Bonchev–Trinajstić information content (AvgIpc) is 2.96. The number of rotatable bonds is 5. The van der Waals surface area contributed by atoms with Gasteiger partial charge in [0.15, 0.2) is 0 Å². The summed E-state index contributed by atoms with van der Waals surface area (Å²) >= 11 is 0. The first-order valence-corrected chi connectivity index (χ1v) is 10.7. The highest BCUT2D eigenvalue weighted by Gasteiger charge is 2.13. The summed E-state index contributed by atoms with van der Waals surface area (Å²) in [6, 6.07) is 12.8. The van der Waals surface area contributed by atoms with Crippen LogP contribution in [0.2, 0.25) is 0 Å². The van der Waals surface area contributed by atoms with Crippen LogP contribution in [0.25, 0.3) is 0 Å². The second-order valence-electron chi connectivity index (χ2n) is 8.15. The van der Waals surface area contributed by atoms with Crippen LogP contribution in [0.5, 0.6) is 0 Å². The number of anilines is 2. The summed E-state index contributed by atoms with van der Waals surface area (Å²) in [6.45, 7) is 9.80. The largest absolute Gasteiger partial charge is 0.326 e. The average molecular weight is 447 g/mol. The third-order valence-electron chi connectivity index (χ3n) is 5.24.